The van der Waals surface area contributed by atoms with Crippen LogP contribution in [0.4, 0.5) is 5.69 Å². The Labute approximate surface area is 156 Å². The fourth-order valence-corrected chi connectivity index (χ4v) is 3.20. The molecule has 2 aromatic rings. The number of aryl methyl sites for hydroxylation is 1. The lowest BCUT2D eigenvalue weighted by Gasteiger charge is -2.27. The summed E-state index contributed by atoms with van der Waals surface area (Å²) >= 11 is 0. The second kappa shape index (κ2) is 8.37. The molecule has 26 heavy (non-hydrogen) atoms. The van der Waals surface area contributed by atoms with Gasteiger partial charge in [0.15, 0.2) is 0 Å². The quantitative estimate of drug-likeness (QED) is 0.753. The van der Waals surface area contributed by atoms with E-state index in [0.717, 1.165) is 34.5 Å². The second-order valence-electron chi connectivity index (χ2n) is 7.78. The zero-order chi connectivity index (χ0) is 19.3. The normalized spacial score (nSPS) is 13.3. The van der Waals surface area contributed by atoms with Gasteiger partial charge < -0.3 is 15.8 Å². The molecule has 0 fully saturated rings. The number of benzene rings is 2. The number of carbonyl (C=O) groups excluding carboxylic acids is 1. The summed E-state index contributed by atoms with van der Waals surface area (Å²) in [5.41, 5.74) is 9.98. The number of anilines is 1. The molecule has 0 unspecified atom stereocenters. The molecule has 0 spiro atoms. The highest BCUT2D eigenvalue weighted by Gasteiger charge is 2.21. The standard InChI is InChI=1S/C22H30N2O2/c1-15(2)13-22(5,23)14-26-21-10-9-19(11-16(21)3)18-7-6-8-20(12-18)24-17(4)25/h6-12,15H,13-14,23H2,1-5H3,(H,24,25)/t22-/m1/s1. The average Bonchev–Trinajstić information content (AvgIpc) is 2.52. The summed E-state index contributed by atoms with van der Waals surface area (Å²) in [5.74, 6) is 1.31. The number of nitrogens with two attached hydrogens (primary N) is 1. The van der Waals surface area contributed by atoms with E-state index in [1.165, 1.54) is 6.92 Å². The minimum absolute atomic E-state index is 0.0756. The molecule has 2 aromatic carbocycles. The number of carbonyl (C=O) groups is 1. The highest BCUT2D eigenvalue weighted by Crippen LogP contribution is 2.28. The van der Waals surface area contributed by atoms with Gasteiger partial charge in [-0.3, -0.25) is 4.79 Å². The first-order valence-corrected chi connectivity index (χ1v) is 9.07. The van der Waals surface area contributed by atoms with Gasteiger partial charge in [-0.15, -0.1) is 0 Å². The predicted octanol–water partition coefficient (Wildman–Crippen LogP) is 4.76. The molecule has 3 N–H and O–H groups in total. The van der Waals surface area contributed by atoms with Crippen LogP contribution in [0.15, 0.2) is 42.5 Å². The Balaban J connectivity index is 2.13. The van der Waals surface area contributed by atoms with E-state index in [9.17, 15) is 4.79 Å². The Hall–Kier alpha value is -2.33. The number of hydrogen-bond donors (Lipinski definition) is 2. The molecular formula is C22H30N2O2. The highest BCUT2D eigenvalue weighted by molar-refractivity contribution is 5.89. The maximum atomic E-state index is 11.2. The topological polar surface area (TPSA) is 64.3 Å². The molecule has 1 atom stereocenters. The van der Waals surface area contributed by atoms with Crippen LogP contribution in [-0.2, 0) is 4.79 Å². The van der Waals surface area contributed by atoms with Crippen LogP contribution in [0.25, 0.3) is 11.1 Å². The minimum atomic E-state index is -0.341. The Morgan fingerprint density at radius 3 is 2.50 bits per heavy atom. The maximum absolute atomic E-state index is 11.2. The van der Waals surface area contributed by atoms with Crippen molar-refractivity contribution in [3.63, 3.8) is 0 Å². The molecule has 0 aromatic heterocycles. The van der Waals surface area contributed by atoms with E-state index < -0.39 is 0 Å². The first-order valence-electron chi connectivity index (χ1n) is 9.07. The lowest BCUT2D eigenvalue weighted by Crippen LogP contribution is -2.43. The van der Waals surface area contributed by atoms with E-state index in [2.05, 4.69) is 25.2 Å². The third kappa shape index (κ3) is 5.88. The fraction of sp³-hybridized carbons (Fsp3) is 0.409. The molecule has 4 nitrogen and oxygen atoms in total. The number of hydrogen-bond acceptors (Lipinski definition) is 3. The van der Waals surface area contributed by atoms with E-state index in [0.29, 0.717) is 12.5 Å². The van der Waals surface area contributed by atoms with E-state index in [4.69, 9.17) is 10.5 Å². The molecule has 140 valence electrons. The lowest BCUT2D eigenvalue weighted by atomic mass is 9.93. The van der Waals surface area contributed by atoms with Crippen LogP contribution in [0, 0.1) is 12.8 Å². The van der Waals surface area contributed by atoms with Gasteiger partial charge in [0.25, 0.3) is 0 Å². The largest absolute Gasteiger partial charge is 0.491 e. The number of rotatable bonds is 7. The van der Waals surface area contributed by atoms with E-state index >= 15 is 0 Å². The summed E-state index contributed by atoms with van der Waals surface area (Å²) in [5, 5.41) is 2.82. The molecule has 0 aliphatic heterocycles. The molecule has 4 heteroatoms. The van der Waals surface area contributed by atoms with Crippen molar-refractivity contribution in [2.75, 3.05) is 11.9 Å². The lowest BCUT2D eigenvalue weighted by molar-refractivity contribution is -0.114. The van der Waals surface area contributed by atoms with Crippen LogP contribution in [0.3, 0.4) is 0 Å². The fourth-order valence-electron chi connectivity index (χ4n) is 3.20. The van der Waals surface area contributed by atoms with Crippen LogP contribution in [0.2, 0.25) is 0 Å². The van der Waals surface area contributed by atoms with Crippen molar-refractivity contribution >= 4 is 11.6 Å². The van der Waals surface area contributed by atoms with Crippen molar-refractivity contribution in [3.8, 4) is 16.9 Å². The summed E-state index contributed by atoms with van der Waals surface area (Å²) in [6, 6.07) is 13.9. The summed E-state index contributed by atoms with van der Waals surface area (Å²) in [6.45, 7) is 10.4. The van der Waals surface area contributed by atoms with Crippen molar-refractivity contribution < 1.29 is 9.53 Å². The zero-order valence-corrected chi connectivity index (χ0v) is 16.4. The van der Waals surface area contributed by atoms with E-state index in [1.807, 2.05) is 50.2 Å². The van der Waals surface area contributed by atoms with Crippen molar-refractivity contribution in [3.05, 3.63) is 48.0 Å². The molecule has 0 aliphatic carbocycles. The molecule has 2 rings (SSSR count). The summed E-state index contributed by atoms with van der Waals surface area (Å²) in [7, 11) is 0. The van der Waals surface area contributed by atoms with Gasteiger partial charge in [-0.25, -0.2) is 0 Å². The molecule has 0 saturated carbocycles. The van der Waals surface area contributed by atoms with Gasteiger partial charge in [-0.2, -0.15) is 0 Å². The molecular weight excluding hydrogens is 324 g/mol. The van der Waals surface area contributed by atoms with Gasteiger partial charge in [0.05, 0.1) is 0 Å². The first kappa shape index (κ1) is 20.0. The van der Waals surface area contributed by atoms with Gasteiger partial charge in [0.2, 0.25) is 5.91 Å². The maximum Gasteiger partial charge on any atom is 0.221 e. The monoisotopic (exact) mass is 354 g/mol. The van der Waals surface area contributed by atoms with Crippen LogP contribution in [0.5, 0.6) is 5.75 Å². The van der Waals surface area contributed by atoms with E-state index in [-0.39, 0.29) is 11.4 Å². The van der Waals surface area contributed by atoms with Crippen LogP contribution in [-0.4, -0.2) is 18.1 Å². The Bertz CT molecular complexity index is 766. The molecule has 0 aliphatic rings. The van der Waals surface area contributed by atoms with Gasteiger partial charge in [-0.05, 0) is 67.1 Å². The van der Waals surface area contributed by atoms with Gasteiger partial charge in [-0.1, -0.05) is 32.0 Å². The van der Waals surface area contributed by atoms with E-state index in [1.54, 1.807) is 0 Å². The van der Waals surface area contributed by atoms with Crippen LogP contribution >= 0.6 is 0 Å². The molecule has 1 amide bonds. The summed E-state index contributed by atoms with van der Waals surface area (Å²) < 4.78 is 5.99. The van der Waals surface area contributed by atoms with Gasteiger partial charge in [0, 0.05) is 18.2 Å². The van der Waals surface area contributed by atoms with Gasteiger partial charge in [0.1, 0.15) is 12.4 Å². The Kier molecular flexibility index (Phi) is 6.43. The minimum Gasteiger partial charge on any atom is -0.491 e. The SMILES string of the molecule is CC(=O)Nc1cccc(-c2ccc(OC[C@](C)(N)CC(C)C)c(C)c2)c1. The Morgan fingerprint density at radius 1 is 1.19 bits per heavy atom. The average molecular weight is 354 g/mol. The smallest absolute Gasteiger partial charge is 0.221 e. The second-order valence-corrected chi connectivity index (χ2v) is 7.78. The van der Waals surface area contributed by atoms with Crippen LogP contribution in [0.1, 0.15) is 39.7 Å². The molecule has 0 saturated heterocycles. The third-order valence-electron chi connectivity index (χ3n) is 4.12. The zero-order valence-electron chi connectivity index (χ0n) is 16.4. The molecule has 0 heterocycles. The van der Waals surface area contributed by atoms with Gasteiger partial charge >= 0.3 is 0 Å². The number of nitrogens with one attached hydrogen (secondary N) is 1. The van der Waals surface area contributed by atoms with Crippen molar-refractivity contribution in [2.24, 2.45) is 11.7 Å². The first-order chi connectivity index (χ1) is 12.2. The van der Waals surface area contributed by atoms with Crippen molar-refractivity contribution in [1.82, 2.24) is 0 Å². The van der Waals surface area contributed by atoms with Crippen molar-refractivity contribution in [1.29, 1.82) is 0 Å². The predicted molar refractivity (Wildman–Crippen MR) is 108 cm³/mol. The third-order valence-corrected chi connectivity index (χ3v) is 4.12. The number of amides is 1. The Morgan fingerprint density at radius 2 is 1.88 bits per heavy atom. The molecule has 0 radical (unpaired) electrons. The molecule has 0 bridgehead atoms. The van der Waals surface area contributed by atoms with Crippen molar-refractivity contribution in [2.45, 2.75) is 46.6 Å². The van der Waals surface area contributed by atoms with Crippen LogP contribution < -0.4 is 15.8 Å². The highest BCUT2D eigenvalue weighted by atomic mass is 16.5. The number of ether oxygens (including phenoxy) is 1. The summed E-state index contributed by atoms with van der Waals surface area (Å²) in [6.07, 6.45) is 0.917. The summed E-state index contributed by atoms with van der Waals surface area (Å²) in [4.78, 5) is 11.2.